The number of fused-ring (bicyclic) bond motifs is 2. The molecule has 2 aromatic rings. The summed E-state index contributed by atoms with van der Waals surface area (Å²) in [6.45, 7) is 4.75. The maximum atomic E-state index is 4.44. The van der Waals surface area contributed by atoms with Crippen molar-refractivity contribution in [1.29, 1.82) is 0 Å². The summed E-state index contributed by atoms with van der Waals surface area (Å²) in [5, 5.41) is 0. The lowest BCUT2D eigenvalue weighted by Gasteiger charge is -2.36. The van der Waals surface area contributed by atoms with Crippen LogP contribution in [-0.4, -0.2) is 47.1 Å². The monoisotopic (exact) mass is 266 g/mol. The fourth-order valence-corrected chi connectivity index (χ4v) is 3.33. The lowest BCUT2D eigenvalue weighted by Crippen LogP contribution is -2.46. The van der Waals surface area contributed by atoms with E-state index in [9.17, 15) is 0 Å². The van der Waals surface area contributed by atoms with Gasteiger partial charge in [-0.25, -0.2) is 0 Å². The van der Waals surface area contributed by atoms with Gasteiger partial charge >= 0.3 is 0 Å². The largest absolute Gasteiger partial charge is 0.365 e. The number of pyridine rings is 2. The van der Waals surface area contributed by atoms with Gasteiger partial charge in [0.05, 0.1) is 11.9 Å². The van der Waals surface area contributed by atoms with Crippen LogP contribution in [0.15, 0.2) is 43.0 Å². The molecule has 0 aliphatic carbocycles. The van der Waals surface area contributed by atoms with Gasteiger partial charge in [-0.1, -0.05) is 0 Å². The third kappa shape index (κ3) is 2.06. The second-order valence-electron chi connectivity index (χ2n) is 5.60. The Morgan fingerprint density at radius 2 is 1.85 bits per heavy atom. The summed E-state index contributed by atoms with van der Waals surface area (Å²) in [6.07, 6.45) is 8.87. The van der Waals surface area contributed by atoms with Crippen LogP contribution in [-0.2, 0) is 0 Å². The Kier molecular flexibility index (Phi) is 2.89. The van der Waals surface area contributed by atoms with Crippen molar-refractivity contribution in [1.82, 2.24) is 14.9 Å². The molecule has 2 unspecified atom stereocenters. The SMILES string of the molecule is c1cc(-c2cncc(N3CCN4CCC3C4)c2)ccn1. The molecule has 2 atom stereocenters. The molecular weight excluding hydrogens is 248 g/mol. The van der Waals surface area contributed by atoms with Gasteiger partial charge in [0.15, 0.2) is 0 Å². The zero-order chi connectivity index (χ0) is 13.4. The first-order valence-electron chi connectivity index (χ1n) is 7.24. The molecule has 0 N–H and O–H groups in total. The number of nitrogens with zero attached hydrogens (tertiary/aromatic N) is 4. The van der Waals surface area contributed by atoms with Crippen LogP contribution in [0.2, 0.25) is 0 Å². The predicted molar refractivity (Wildman–Crippen MR) is 79.7 cm³/mol. The first-order chi connectivity index (χ1) is 9.90. The van der Waals surface area contributed by atoms with E-state index < -0.39 is 0 Å². The molecule has 102 valence electrons. The van der Waals surface area contributed by atoms with Crippen LogP contribution in [0.1, 0.15) is 6.42 Å². The van der Waals surface area contributed by atoms with Crippen LogP contribution in [0.3, 0.4) is 0 Å². The van der Waals surface area contributed by atoms with Crippen LogP contribution in [0.25, 0.3) is 11.1 Å². The van der Waals surface area contributed by atoms with E-state index in [4.69, 9.17) is 0 Å². The van der Waals surface area contributed by atoms with Gasteiger partial charge in [0.1, 0.15) is 0 Å². The van der Waals surface area contributed by atoms with Gasteiger partial charge in [0, 0.05) is 56.4 Å². The van der Waals surface area contributed by atoms with Crippen molar-refractivity contribution in [2.75, 3.05) is 31.1 Å². The summed E-state index contributed by atoms with van der Waals surface area (Å²) in [4.78, 5) is 13.6. The fourth-order valence-electron chi connectivity index (χ4n) is 3.33. The van der Waals surface area contributed by atoms with Gasteiger partial charge in [-0.2, -0.15) is 0 Å². The van der Waals surface area contributed by atoms with E-state index in [0.29, 0.717) is 6.04 Å². The zero-order valence-corrected chi connectivity index (χ0v) is 11.4. The van der Waals surface area contributed by atoms with Crippen LogP contribution < -0.4 is 4.90 Å². The van der Waals surface area contributed by atoms with Gasteiger partial charge in [-0.3, -0.25) is 14.9 Å². The summed E-state index contributed by atoms with van der Waals surface area (Å²) >= 11 is 0. The molecule has 2 aliphatic heterocycles. The number of anilines is 1. The van der Waals surface area contributed by atoms with Crippen molar-refractivity contribution in [3.8, 4) is 11.1 Å². The zero-order valence-electron chi connectivity index (χ0n) is 11.4. The van der Waals surface area contributed by atoms with E-state index in [1.807, 2.05) is 36.9 Å². The highest BCUT2D eigenvalue weighted by atomic mass is 15.3. The van der Waals surface area contributed by atoms with E-state index in [-0.39, 0.29) is 0 Å². The molecule has 2 fully saturated rings. The minimum absolute atomic E-state index is 0.665. The standard InChI is InChI=1S/C16H18N4/c1-4-17-5-2-13(1)14-9-16(11-18-10-14)20-8-7-19-6-3-15(20)12-19/h1-2,4-5,9-11,15H,3,6-8,12H2. The minimum atomic E-state index is 0.665. The van der Waals surface area contributed by atoms with E-state index >= 15 is 0 Å². The average Bonchev–Trinajstić information content (AvgIpc) is 2.90. The van der Waals surface area contributed by atoms with E-state index in [0.717, 1.165) is 6.54 Å². The third-order valence-corrected chi connectivity index (χ3v) is 4.41. The fraction of sp³-hybridized carbons (Fsp3) is 0.375. The normalized spacial score (nSPS) is 24.9. The Morgan fingerprint density at radius 3 is 2.75 bits per heavy atom. The molecule has 2 bridgehead atoms. The molecule has 20 heavy (non-hydrogen) atoms. The summed E-state index contributed by atoms with van der Waals surface area (Å²) < 4.78 is 0. The first-order valence-corrected chi connectivity index (χ1v) is 7.24. The molecule has 0 aromatic carbocycles. The maximum absolute atomic E-state index is 4.44. The maximum Gasteiger partial charge on any atom is 0.0562 e. The number of hydrogen-bond donors (Lipinski definition) is 0. The van der Waals surface area contributed by atoms with Crippen LogP contribution >= 0.6 is 0 Å². The molecule has 4 heteroatoms. The van der Waals surface area contributed by atoms with Crippen LogP contribution in [0.4, 0.5) is 5.69 Å². The Morgan fingerprint density at radius 1 is 0.950 bits per heavy atom. The van der Waals surface area contributed by atoms with Crippen LogP contribution in [0, 0.1) is 0 Å². The number of rotatable bonds is 2. The molecule has 4 heterocycles. The van der Waals surface area contributed by atoms with E-state index in [2.05, 4.69) is 25.8 Å². The molecule has 0 amide bonds. The van der Waals surface area contributed by atoms with Gasteiger partial charge < -0.3 is 4.90 Å². The van der Waals surface area contributed by atoms with Crippen molar-refractivity contribution >= 4 is 5.69 Å². The third-order valence-electron chi connectivity index (χ3n) is 4.41. The van der Waals surface area contributed by atoms with Gasteiger partial charge in [-0.05, 0) is 30.2 Å². The van der Waals surface area contributed by atoms with E-state index in [1.165, 1.54) is 42.9 Å². The van der Waals surface area contributed by atoms with Crippen molar-refractivity contribution < 1.29 is 0 Å². The summed E-state index contributed by atoms with van der Waals surface area (Å²) in [5.41, 5.74) is 3.61. The number of aromatic nitrogens is 2. The van der Waals surface area contributed by atoms with Crippen molar-refractivity contribution in [2.24, 2.45) is 0 Å². The van der Waals surface area contributed by atoms with Crippen molar-refractivity contribution in [3.05, 3.63) is 43.0 Å². The molecule has 2 aliphatic rings. The Balaban J connectivity index is 1.66. The highest BCUT2D eigenvalue weighted by Crippen LogP contribution is 2.29. The number of piperazine rings is 1. The molecule has 2 aromatic heterocycles. The lowest BCUT2D eigenvalue weighted by molar-refractivity contribution is 0.310. The van der Waals surface area contributed by atoms with Gasteiger partial charge in [0.2, 0.25) is 0 Å². The summed E-state index contributed by atoms with van der Waals surface area (Å²) in [5.74, 6) is 0. The molecule has 0 saturated carbocycles. The van der Waals surface area contributed by atoms with Crippen LogP contribution in [0.5, 0.6) is 0 Å². The first kappa shape index (κ1) is 11.9. The highest BCUT2D eigenvalue weighted by molar-refractivity contribution is 5.67. The molecule has 4 nitrogen and oxygen atoms in total. The predicted octanol–water partition coefficient (Wildman–Crippen LogP) is 2.04. The molecule has 0 spiro atoms. The highest BCUT2D eigenvalue weighted by Gasteiger charge is 2.32. The Labute approximate surface area is 119 Å². The summed E-state index contributed by atoms with van der Waals surface area (Å²) in [6, 6.07) is 7.00. The lowest BCUT2D eigenvalue weighted by atomic mass is 10.1. The smallest absolute Gasteiger partial charge is 0.0562 e. The Bertz CT molecular complexity index is 598. The Hall–Kier alpha value is -1.94. The van der Waals surface area contributed by atoms with E-state index in [1.54, 1.807) is 0 Å². The van der Waals surface area contributed by atoms with Gasteiger partial charge in [0.25, 0.3) is 0 Å². The van der Waals surface area contributed by atoms with Gasteiger partial charge in [-0.15, -0.1) is 0 Å². The average molecular weight is 266 g/mol. The molecular formula is C16H18N4. The van der Waals surface area contributed by atoms with Crippen molar-refractivity contribution in [3.63, 3.8) is 0 Å². The topological polar surface area (TPSA) is 32.3 Å². The van der Waals surface area contributed by atoms with Crippen molar-refractivity contribution in [2.45, 2.75) is 12.5 Å². The summed E-state index contributed by atoms with van der Waals surface area (Å²) in [7, 11) is 0. The minimum Gasteiger partial charge on any atom is -0.365 e. The quantitative estimate of drug-likeness (QED) is 0.832. The number of hydrogen-bond acceptors (Lipinski definition) is 4. The molecule has 4 rings (SSSR count). The second-order valence-corrected chi connectivity index (χ2v) is 5.60. The molecule has 0 radical (unpaired) electrons. The second kappa shape index (κ2) is 4.87. The molecule has 2 saturated heterocycles.